The maximum atomic E-state index is 10.6. The first-order valence-electron chi connectivity index (χ1n) is 10.2. The Balaban J connectivity index is 1.57. The van der Waals surface area contributed by atoms with Crippen molar-refractivity contribution in [1.82, 2.24) is 0 Å². The van der Waals surface area contributed by atoms with Crippen LogP contribution in [-0.2, 0) is 6.42 Å². The molecule has 1 heterocycles. The van der Waals surface area contributed by atoms with Gasteiger partial charge in [-0.1, -0.05) is 25.6 Å². The van der Waals surface area contributed by atoms with Gasteiger partial charge in [0.25, 0.3) is 0 Å². The van der Waals surface area contributed by atoms with E-state index in [9.17, 15) is 15.3 Å². The van der Waals surface area contributed by atoms with E-state index in [4.69, 9.17) is 4.74 Å². The van der Waals surface area contributed by atoms with Crippen LogP contribution in [0, 0.1) is 17.8 Å². The molecule has 4 rings (SSSR count). The highest BCUT2D eigenvalue weighted by atomic mass is 16.5. The van der Waals surface area contributed by atoms with Crippen LogP contribution in [0.15, 0.2) is 36.1 Å². The first-order valence-corrected chi connectivity index (χ1v) is 10.2. The molecule has 4 nitrogen and oxygen atoms in total. The fourth-order valence-corrected chi connectivity index (χ4v) is 5.15. The number of fused-ring (bicyclic) bond motifs is 2. The van der Waals surface area contributed by atoms with Gasteiger partial charge in [0.05, 0.1) is 12.2 Å². The monoisotopic (exact) mass is 370 g/mol. The third kappa shape index (κ3) is 3.35. The van der Waals surface area contributed by atoms with Crippen molar-refractivity contribution in [2.24, 2.45) is 17.8 Å². The van der Waals surface area contributed by atoms with Gasteiger partial charge in [0.15, 0.2) is 0 Å². The number of aliphatic hydroxyl groups excluding tert-OH is 3. The van der Waals surface area contributed by atoms with E-state index >= 15 is 0 Å². The van der Waals surface area contributed by atoms with E-state index in [0.717, 1.165) is 29.9 Å². The Morgan fingerprint density at radius 1 is 1.07 bits per heavy atom. The van der Waals surface area contributed by atoms with E-state index in [-0.39, 0.29) is 24.4 Å². The van der Waals surface area contributed by atoms with Crippen LogP contribution in [0.5, 0.6) is 5.75 Å². The minimum Gasteiger partial charge on any atom is -0.457 e. The van der Waals surface area contributed by atoms with Gasteiger partial charge in [0, 0.05) is 24.0 Å². The van der Waals surface area contributed by atoms with Crippen LogP contribution in [-0.4, -0.2) is 34.1 Å². The molecule has 146 valence electrons. The normalized spacial score (nSPS) is 33.3. The highest BCUT2D eigenvalue weighted by molar-refractivity contribution is 5.79. The summed E-state index contributed by atoms with van der Waals surface area (Å²) in [5, 5.41) is 30.4. The van der Waals surface area contributed by atoms with Crippen LogP contribution in [0.3, 0.4) is 0 Å². The smallest absolute Gasteiger partial charge is 0.135 e. The van der Waals surface area contributed by atoms with Crippen LogP contribution in [0.1, 0.15) is 50.2 Å². The number of aliphatic hydroxyl groups is 3. The molecule has 1 aromatic carbocycles. The molecule has 1 aliphatic heterocycles. The zero-order valence-electron chi connectivity index (χ0n) is 16.0. The molecule has 0 spiro atoms. The minimum atomic E-state index is -0.645. The number of hydrogen-bond donors (Lipinski definition) is 3. The Bertz CT molecular complexity index is 764. The molecule has 0 unspecified atom stereocenters. The predicted molar refractivity (Wildman–Crippen MR) is 105 cm³/mol. The van der Waals surface area contributed by atoms with Gasteiger partial charge in [-0.2, -0.15) is 0 Å². The van der Waals surface area contributed by atoms with Gasteiger partial charge >= 0.3 is 0 Å². The quantitative estimate of drug-likeness (QED) is 0.762. The van der Waals surface area contributed by atoms with Crippen LogP contribution in [0.2, 0.25) is 0 Å². The lowest BCUT2D eigenvalue weighted by molar-refractivity contribution is -0.0923. The number of allylic oxidation sites excluding steroid dienone is 2. The molecule has 3 N–H and O–H groups in total. The molecule has 0 aromatic heterocycles. The van der Waals surface area contributed by atoms with Crippen LogP contribution >= 0.6 is 0 Å². The molecule has 1 fully saturated rings. The molecule has 2 aliphatic carbocycles. The summed E-state index contributed by atoms with van der Waals surface area (Å²) in [6, 6.07) is 6.36. The van der Waals surface area contributed by atoms with Gasteiger partial charge in [-0.05, 0) is 67.2 Å². The zero-order valence-corrected chi connectivity index (χ0v) is 16.0. The van der Waals surface area contributed by atoms with Gasteiger partial charge in [0.2, 0.25) is 0 Å². The fourth-order valence-electron chi connectivity index (χ4n) is 5.15. The topological polar surface area (TPSA) is 69.9 Å². The fraction of sp³-hybridized carbons (Fsp3) is 0.565. The summed E-state index contributed by atoms with van der Waals surface area (Å²) in [6.07, 6.45) is 4.67. The SMILES string of the molecule is C=C1Oc2cc(C[C@@H]3C[C@H](CO)[C@H](O)[C@H](C)[C@H]3O)ccc2C2=C1CCCC2. The van der Waals surface area contributed by atoms with E-state index in [1.165, 1.54) is 29.6 Å². The summed E-state index contributed by atoms with van der Waals surface area (Å²) < 4.78 is 6.04. The Morgan fingerprint density at radius 3 is 2.52 bits per heavy atom. The summed E-state index contributed by atoms with van der Waals surface area (Å²) in [4.78, 5) is 0. The molecule has 0 amide bonds. The number of ether oxygens (including phenoxy) is 1. The van der Waals surface area contributed by atoms with Crippen LogP contribution in [0.4, 0.5) is 0 Å². The maximum Gasteiger partial charge on any atom is 0.135 e. The average Bonchev–Trinajstić information content (AvgIpc) is 2.68. The van der Waals surface area contributed by atoms with Gasteiger partial charge in [0.1, 0.15) is 11.5 Å². The second kappa shape index (κ2) is 7.42. The first kappa shape index (κ1) is 18.7. The molecule has 1 saturated carbocycles. The van der Waals surface area contributed by atoms with Crippen molar-refractivity contribution in [1.29, 1.82) is 0 Å². The van der Waals surface area contributed by atoms with Gasteiger partial charge in [-0.15, -0.1) is 0 Å². The van der Waals surface area contributed by atoms with Crippen molar-refractivity contribution in [3.05, 3.63) is 47.2 Å². The molecule has 1 aromatic rings. The summed E-state index contributed by atoms with van der Waals surface area (Å²) in [6.45, 7) is 5.94. The molecular weight excluding hydrogens is 340 g/mol. The maximum absolute atomic E-state index is 10.6. The van der Waals surface area contributed by atoms with E-state index in [1.54, 1.807) is 0 Å². The van der Waals surface area contributed by atoms with E-state index in [1.807, 2.05) is 6.92 Å². The van der Waals surface area contributed by atoms with Crippen molar-refractivity contribution in [3.63, 3.8) is 0 Å². The van der Waals surface area contributed by atoms with E-state index in [2.05, 4.69) is 24.8 Å². The highest BCUT2D eigenvalue weighted by Gasteiger charge is 2.40. The molecule has 27 heavy (non-hydrogen) atoms. The minimum absolute atomic E-state index is 0.0230. The third-order valence-corrected chi connectivity index (χ3v) is 6.79. The summed E-state index contributed by atoms with van der Waals surface area (Å²) in [5.74, 6) is 1.27. The largest absolute Gasteiger partial charge is 0.457 e. The molecule has 3 aliphatic rings. The number of hydrogen-bond acceptors (Lipinski definition) is 4. The molecule has 0 radical (unpaired) electrons. The molecule has 0 bridgehead atoms. The van der Waals surface area contributed by atoms with Crippen LogP contribution < -0.4 is 4.74 Å². The Kier molecular flexibility index (Phi) is 5.15. The van der Waals surface area contributed by atoms with E-state index in [0.29, 0.717) is 12.8 Å². The third-order valence-electron chi connectivity index (χ3n) is 6.79. The van der Waals surface area contributed by atoms with Gasteiger partial charge in [-0.3, -0.25) is 0 Å². The lowest BCUT2D eigenvalue weighted by atomic mass is 9.70. The van der Waals surface area contributed by atoms with Crippen molar-refractivity contribution in [2.75, 3.05) is 6.61 Å². The van der Waals surface area contributed by atoms with Crippen molar-refractivity contribution < 1.29 is 20.1 Å². The Hall–Kier alpha value is -1.62. The van der Waals surface area contributed by atoms with Crippen molar-refractivity contribution >= 4 is 5.57 Å². The predicted octanol–water partition coefficient (Wildman–Crippen LogP) is 3.45. The standard InChI is InChI=1S/C23H30O4/c1-13-22(25)16(11-17(12-24)23(13)26)9-15-7-8-20-19-6-4-3-5-18(19)14(2)27-21(20)10-15/h7-8,10,13,16-17,22-26H,2-6,9,11-12H2,1H3/t13-,16-,17-,22-,23-/m1/s1. The van der Waals surface area contributed by atoms with Crippen molar-refractivity contribution in [2.45, 2.75) is 57.7 Å². The lowest BCUT2D eigenvalue weighted by Gasteiger charge is -2.41. The van der Waals surface area contributed by atoms with Crippen molar-refractivity contribution in [3.8, 4) is 5.75 Å². The summed E-state index contributed by atoms with van der Waals surface area (Å²) >= 11 is 0. The lowest BCUT2D eigenvalue weighted by Crippen LogP contribution is -2.47. The summed E-state index contributed by atoms with van der Waals surface area (Å²) in [5.41, 5.74) is 4.96. The van der Waals surface area contributed by atoms with E-state index < -0.39 is 12.2 Å². The summed E-state index contributed by atoms with van der Waals surface area (Å²) in [7, 11) is 0. The Morgan fingerprint density at radius 2 is 1.78 bits per heavy atom. The van der Waals surface area contributed by atoms with Gasteiger partial charge in [-0.25, -0.2) is 0 Å². The molecule has 0 saturated heterocycles. The number of benzene rings is 1. The number of rotatable bonds is 3. The molecule has 4 heteroatoms. The molecule has 5 atom stereocenters. The first-order chi connectivity index (χ1) is 13.0. The molecular formula is C23H30O4. The second-order valence-corrected chi connectivity index (χ2v) is 8.50. The highest BCUT2D eigenvalue weighted by Crippen LogP contribution is 2.45. The average molecular weight is 370 g/mol. The second-order valence-electron chi connectivity index (χ2n) is 8.50. The van der Waals surface area contributed by atoms with Crippen LogP contribution in [0.25, 0.3) is 5.57 Å². The Labute approximate surface area is 161 Å². The van der Waals surface area contributed by atoms with Gasteiger partial charge < -0.3 is 20.1 Å². The zero-order chi connectivity index (χ0) is 19.1.